The molecule has 6 N–H and O–H groups in total. The Balaban J connectivity index is 1.39. The van der Waals surface area contributed by atoms with E-state index in [-0.39, 0.29) is 19.1 Å². The highest BCUT2D eigenvalue weighted by molar-refractivity contribution is 5.95. The molecule has 1 saturated heterocycles. The van der Waals surface area contributed by atoms with E-state index in [2.05, 4.69) is 48.4 Å². The van der Waals surface area contributed by atoms with Crippen molar-refractivity contribution in [3.63, 3.8) is 0 Å². The molecule has 1 aliphatic heterocycles. The average molecular weight is 538 g/mol. The van der Waals surface area contributed by atoms with Crippen LogP contribution in [0.4, 0.5) is 5.69 Å². The molecule has 0 aliphatic carbocycles. The van der Waals surface area contributed by atoms with Crippen molar-refractivity contribution in [2.45, 2.75) is 39.0 Å². The molecule has 4 rings (SSSR count). The number of rotatable bonds is 14. The molecular formula is C27H39N9O3. The SMILES string of the molecule is CCC1CNCCC1CNC(=O)c1cccc(NCc2nnc(-c3ccncn3)n2CCNC[C@H](O)CO)c1. The van der Waals surface area contributed by atoms with Crippen LogP contribution in [0.2, 0.25) is 0 Å². The lowest BCUT2D eigenvalue weighted by atomic mass is 9.84. The van der Waals surface area contributed by atoms with Crippen LogP contribution in [0.3, 0.4) is 0 Å². The maximum atomic E-state index is 12.9. The number of benzene rings is 1. The summed E-state index contributed by atoms with van der Waals surface area (Å²) in [5, 5.41) is 40.4. The topological polar surface area (TPSA) is 162 Å². The zero-order chi connectivity index (χ0) is 27.5. The second-order valence-corrected chi connectivity index (χ2v) is 9.79. The molecular weight excluding hydrogens is 498 g/mol. The third-order valence-corrected chi connectivity index (χ3v) is 7.13. The molecule has 3 aromatic rings. The van der Waals surface area contributed by atoms with Crippen LogP contribution in [-0.2, 0) is 13.1 Å². The Morgan fingerprint density at radius 3 is 2.95 bits per heavy atom. The molecule has 0 spiro atoms. The minimum atomic E-state index is -0.814. The first-order valence-corrected chi connectivity index (χ1v) is 13.6. The quantitative estimate of drug-likeness (QED) is 0.161. The fourth-order valence-corrected chi connectivity index (χ4v) is 4.84. The molecule has 2 aromatic heterocycles. The number of piperidine rings is 1. The molecule has 3 atom stereocenters. The number of aromatic nitrogens is 5. The summed E-state index contributed by atoms with van der Waals surface area (Å²) in [6.07, 6.45) is 4.49. The second kappa shape index (κ2) is 14.6. The van der Waals surface area contributed by atoms with E-state index in [1.807, 2.05) is 28.8 Å². The summed E-state index contributed by atoms with van der Waals surface area (Å²) in [4.78, 5) is 21.2. The Morgan fingerprint density at radius 2 is 2.15 bits per heavy atom. The van der Waals surface area contributed by atoms with E-state index < -0.39 is 6.10 Å². The molecule has 1 amide bonds. The first-order valence-electron chi connectivity index (χ1n) is 13.6. The van der Waals surface area contributed by atoms with E-state index in [1.165, 1.54) is 6.33 Å². The highest BCUT2D eigenvalue weighted by atomic mass is 16.3. The van der Waals surface area contributed by atoms with Crippen molar-refractivity contribution in [1.29, 1.82) is 0 Å². The van der Waals surface area contributed by atoms with Crippen LogP contribution in [0.25, 0.3) is 11.5 Å². The molecule has 210 valence electrons. The molecule has 39 heavy (non-hydrogen) atoms. The fraction of sp³-hybridized carbons (Fsp3) is 0.519. The Bertz CT molecular complexity index is 1170. The van der Waals surface area contributed by atoms with Crippen molar-refractivity contribution in [1.82, 2.24) is 40.7 Å². The number of aliphatic hydroxyl groups excluding tert-OH is 2. The number of aliphatic hydroxyl groups is 2. The van der Waals surface area contributed by atoms with Crippen molar-refractivity contribution in [3.8, 4) is 11.5 Å². The first-order chi connectivity index (χ1) is 19.1. The number of carbonyl (C=O) groups is 1. The smallest absolute Gasteiger partial charge is 0.251 e. The summed E-state index contributed by atoms with van der Waals surface area (Å²) in [5.41, 5.74) is 2.06. The number of nitrogens with zero attached hydrogens (tertiary/aromatic N) is 5. The molecule has 12 nitrogen and oxygen atoms in total. The Morgan fingerprint density at radius 1 is 1.26 bits per heavy atom. The summed E-state index contributed by atoms with van der Waals surface area (Å²) in [6.45, 7) is 6.34. The van der Waals surface area contributed by atoms with Gasteiger partial charge in [-0.2, -0.15) is 0 Å². The van der Waals surface area contributed by atoms with Crippen molar-refractivity contribution in [2.75, 3.05) is 44.6 Å². The van der Waals surface area contributed by atoms with Crippen LogP contribution < -0.4 is 21.3 Å². The number of nitrogens with one attached hydrogen (secondary N) is 4. The molecule has 1 aliphatic rings. The average Bonchev–Trinajstić information content (AvgIpc) is 3.40. The number of hydrogen-bond acceptors (Lipinski definition) is 10. The van der Waals surface area contributed by atoms with Gasteiger partial charge in [0.1, 0.15) is 12.0 Å². The highest BCUT2D eigenvalue weighted by Gasteiger charge is 2.24. The summed E-state index contributed by atoms with van der Waals surface area (Å²) < 4.78 is 1.95. The van der Waals surface area contributed by atoms with Crippen LogP contribution in [0.1, 0.15) is 35.9 Å². The molecule has 0 radical (unpaired) electrons. The van der Waals surface area contributed by atoms with Crippen LogP contribution in [-0.4, -0.2) is 86.3 Å². The summed E-state index contributed by atoms with van der Waals surface area (Å²) >= 11 is 0. The second-order valence-electron chi connectivity index (χ2n) is 9.79. The predicted molar refractivity (Wildman–Crippen MR) is 148 cm³/mol. The number of hydrogen-bond donors (Lipinski definition) is 6. The first kappa shape index (κ1) is 28.6. The summed E-state index contributed by atoms with van der Waals surface area (Å²) in [5.74, 6) is 2.32. The highest BCUT2D eigenvalue weighted by Crippen LogP contribution is 2.22. The van der Waals surface area contributed by atoms with E-state index in [0.717, 1.165) is 31.6 Å². The van der Waals surface area contributed by atoms with Gasteiger partial charge in [-0.3, -0.25) is 4.79 Å². The Labute approximate surface area is 228 Å². The minimum absolute atomic E-state index is 0.0719. The van der Waals surface area contributed by atoms with E-state index in [0.29, 0.717) is 60.9 Å². The van der Waals surface area contributed by atoms with Gasteiger partial charge in [0.05, 0.1) is 19.3 Å². The molecule has 2 unspecified atom stereocenters. The lowest BCUT2D eigenvalue weighted by Crippen LogP contribution is -2.42. The normalized spacial score (nSPS) is 18.0. The van der Waals surface area contributed by atoms with Gasteiger partial charge >= 0.3 is 0 Å². The fourth-order valence-electron chi connectivity index (χ4n) is 4.84. The minimum Gasteiger partial charge on any atom is -0.394 e. The van der Waals surface area contributed by atoms with E-state index >= 15 is 0 Å². The van der Waals surface area contributed by atoms with Gasteiger partial charge in [-0.05, 0) is 55.6 Å². The van der Waals surface area contributed by atoms with Crippen molar-refractivity contribution >= 4 is 11.6 Å². The zero-order valence-corrected chi connectivity index (χ0v) is 22.4. The van der Waals surface area contributed by atoms with Crippen molar-refractivity contribution < 1.29 is 15.0 Å². The van der Waals surface area contributed by atoms with E-state index in [9.17, 15) is 9.90 Å². The van der Waals surface area contributed by atoms with Crippen LogP contribution in [0.15, 0.2) is 42.9 Å². The molecule has 0 saturated carbocycles. The maximum absolute atomic E-state index is 12.9. The van der Waals surface area contributed by atoms with Gasteiger partial charge in [-0.1, -0.05) is 19.4 Å². The van der Waals surface area contributed by atoms with Gasteiger partial charge in [0.15, 0.2) is 11.6 Å². The van der Waals surface area contributed by atoms with Gasteiger partial charge in [0.25, 0.3) is 5.91 Å². The van der Waals surface area contributed by atoms with Crippen molar-refractivity contribution in [3.05, 3.63) is 54.2 Å². The number of carbonyl (C=O) groups excluding carboxylic acids is 1. The van der Waals surface area contributed by atoms with Gasteiger partial charge in [0, 0.05) is 43.6 Å². The zero-order valence-electron chi connectivity index (χ0n) is 22.4. The van der Waals surface area contributed by atoms with Gasteiger partial charge < -0.3 is 36.0 Å². The molecule has 1 aromatic carbocycles. The van der Waals surface area contributed by atoms with E-state index in [1.54, 1.807) is 12.3 Å². The van der Waals surface area contributed by atoms with Gasteiger partial charge in [-0.25, -0.2) is 9.97 Å². The largest absolute Gasteiger partial charge is 0.394 e. The lowest BCUT2D eigenvalue weighted by molar-refractivity contribution is 0.0935. The number of anilines is 1. The van der Waals surface area contributed by atoms with Gasteiger partial charge in [0.2, 0.25) is 0 Å². The molecule has 1 fully saturated rings. The summed E-state index contributed by atoms with van der Waals surface area (Å²) in [7, 11) is 0. The molecule has 3 heterocycles. The van der Waals surface area contributed by atoms with Crippen LogP contribution in [0.5, 0.6) is 0 Å². The third-order valence-electron chi connectivity index (χ3n) is 7.13. The Hall–Kier alpha value is -3.45. The standard InChI is InChI=1S/C27H39N9O3/c1-2-19-13-28-8-6-21(19)14-32-27(39)20-4-3-5-22(12-20)31-16-25-34-35-26(24-7-9-30-18-33-24)36(25)11-10-29-15-23(38)17-37/h3-5,7,9,12,18-19,21,23,28-29,31,37-38H,2,6,8,10-11,13-17H2,1H3,(H,32,39)/t19?,21?,23-/m0/s1. The van der Waals surface area contributed by atoms with Crippen LogP contribution >= 0.6 is 0 Å². The summed E-state index contributed by atoms with van der Waals surface area (Å²) in [6, 6.07) is 9.22. The lowest BCUT2D eigenvalue weighted by Gasteiger charge is -2.31. The monoisotopic (exact) mass is 537 g/mol. The molecule has 0 bridgehead atoms. The van der Waals surface area contributed by atoms with Crippen LogP contribution in [0, 0.1) is 11.8 Å². The maximum Gasteiger partial charge on any atom is 0.251 e. The van der Waals surface area contributed by atoms with Crippen molar-refractivity contribution in [2.24, 2.45) is 11.8 Å². The third kappa shape index (κ3) is 8.02. The number of amides is 1. The Kier molecular flexibility index (Phi) is 10.7. The predicted octanol–water partition coefficient (Wildman–Crippen LogP) is 0.656. The van der Waals surface area contributed by atoms with Gasteiger partial charge in [-0.15, -0.1) is 10.2 Å². The molecule has 12 heteroatoms. The van der Waals surface area contributed by atoms with E-state index in [4.69, 9.17) is 5.11 Å².